The second-order valence-electron chi connectivity index (χ2n) is 4.78. The molecule has 2 atom stereocenters. The summed E-state index contributed by atoms with van der Waals surface area (Å²) in [5.41, 5.74) is 5.08. The van der Waals surface area contributed by atoms with Gasteiger partial charge in [-0.05, 0) is 31.9 Å². The van der Waals surface area contributed by atoms with E-state index < -0.39 is 32.6 Å². The topological polar surface area (TPSA) is 81.4 Å². The minimum Gasteiger partial charge on any atom is -0.399 e. The highest BCUT2D eigenvalue weighted by molar-refractivity contribution is 7.89. The van der Waals surface area contributed by atoms with Gasteiger partial charge in [0.05, 0.1) is 6.10 Å². The van der Waals surface area contributed by atoms with Crippen LogP contribution in [0.1, 0.15) is 19.8 Å². The molecule has 0 amide bonds. The minimum absolute atomic E-state index is 0.175. The van der Waals surface area contributed by atoms with Crippen LogP contribution >= 0.6 is 0 Å². The highest BCUT2D eigenvalue weighted by Gasteiger charge is 2.30. The number of anilines is 1. The third kappa shape index (κ3) is 3.08. The zero-order chi connectivity index (χ0) is 14.9. The van der Waals surface area contributed by atoms with Crippen LogP contribution in [0.2, 0.25) is 0 Å². The minimum atomic E-state index is -4.31. The molecule has 1 aromatic rings. The second-order valence-corrected chi connectivity index (χ2v) is 6.43. The van der Waals surface area contributed by atoms with Gasteiger partial charge in [0.15, 0.2) is 4.90 Å². The van der Waals surface area contributed by atoms with Gasteiger partial charge in [-0.2, -0.15) is 0 Å². The lowest BCUT2D eigenvalue weighted by Crippen LogP contribution is -2.41. The Morgan fingerprint density at radius 2 is 2.00 bits per heavy atom. The molecular weight excluding hydrogens is 290 g/mol. The van der Waals surface area contributed by atoms with Crippen molar-refractivity contribution in [1.29, 1.82) is 0 Å². The van der Waals surface area contributed by atoms with E-state index in [9.17, 15) is 17.2 Å². The highest BCUT2D eigenvalue weighted by atomic mass is 32.2. The Balaban J connectivity index is 2.26. The van der Waals surface area contributed by atoms with Crippen LogP contribution < -0.4 is 10.5 Å². The van der Waals surface area contributed by atoms with Gasteiger partial charge in [-0.25, -0.2) is 21.9 Å². The first kappa shape index (κ1) is 15.1. The van der Waals surface area contributed by atoms with E-state index in [0.29, 0.717) is 13.0 Å². The summed E-state index contributed by atoms with van der Waals surface area (Å²) < 4.78 is 59.0. The predicted molar refractivity (Wildman–Crippen MR) is 69.5 cm³/mol. The summed E-state index contributed by atoms with van der Waals surface area (Å²) in [4.78, 5) is -1.02. The number of rotatable bonds is 4. The number of nitrogens with two attached hydrogens (primary N) is 1. The van der Waals surface area contributed by atoms with Gasteiger partial charge in [-0.3, -0.25) is 0 Å². The van der Waals surface area contributed by atoms with Gasteiger partial charge in [0.25, 0.3) is 0 Å². The molecule has 0 aromatic heterocycles. The van der Waals surface area contributed by atoms with Crippen LogP contribution in [0.15, 0.2) is 17.0 Å². The molecule has 5 nitrogen and oxygen atoms in total. The molecule has 1 aliphatic heterocycles. The Bertz CT molecular complexity index is 578. The van der Waals surface area contributed by atoms with E-state index in [4.69, 9.17) is 10.5 Å². The van der Waals surface area contributed by atoms with Crippen molar-refractivity contribution in [2.24, 2.45) is 0 Å². The summed E-state index contributed by atoms with van der Waals surface area (Å²) in [5, 5.41) is 0. The molecule has 2 unspecified atom stereocenters. The lowest BCUT2D eigenvalue weighted by Gasteiger charge is -2.20. The molecule has 20 heavy (non-hydrogen) atoms. The van der Waals surface area contributed by atoms with E-state index >= 15 is 0 Å². The van der Waals surface area contributed by atoms with Crippen molar-refractivity contribution in [1.82, 2.24) is 4.72 Å². The molecule has 2 rings (SSSR count). The quantitative estimate of drug-likeness (QED) is 0.824. The maximum absolute atomic E-state index is 13.7. The molecular formula is C12H16F2N2O3S. The Labute approximate surface area is 116 Å². The number of nitrogens with one attached hydrogen (secondary N) is 1. The monoisotopic (exact) mass is 306 g/mol. The number of benzene rings is 1. The standard InChI is InChI=1S/C12H16F2N2O3S/c1-7(11-3-2-4-19-11)16-20(17,18)12-9(13)5-8(15)6-10(12)14/h5-7,11,16H,2-4,15H2,1H3. The number of ether oxygens (including phenoxy) is 1. The van der Waals surface area contributed by atoms with E-state index in [1.54, 1.807) is 6.92 Å². The molecule has 0 bridgehead atoms. The van der Waals surface area contributed by atoms with Gasteiger partial charge < -0.3 is 10.5 Å². The van der Waals surface area contributed by atoms with Crippen LogP contribution in [0.3, 0.4) is 0 Å². The summed E-state index contributed by atoms with van der Waals surface area (Å²) in [7, 11) is -4.31. The molecule has 0 aliphatic carbocycles. The first-order chi connectivity index (χ1) is 9.31. The molecule has 3 N–H and O–H groups in total. The molecule has 0 radical (unpaired) electrons. The zero-order valence-electron chi connectivity index (χ0n) is 10.9. The third-order valence-corrected chi connectivity index (χ3v) is 4.76. The fourth-order valence-electron chi connectivity index (χ4n) is 2.21. The van der Waals surface area contributed by atoms with Crippen LogP contribution in [0, 0.1) is 11.6 Å². The van der Waals surface area contributed by atoms with Gasteiger partial charge >= 0.3 is 0 Å². The summed E-state index contributed by atoms with van der Waals surface area (Å²) >= 11 is 0. The molecule has 112 valence electrons. The van der Waals surface area contributed by atoms with Gasteiger partial charge in [0, 0.05) is 18.3 Å². The van der Waals surface area contributed by atoms with E-state index in [1.165, 1.54) is 0 Å². The Hall–Kier alpha value is -1.25. The number of hydrogen-bond donors (Lipinski definition) is 2. The lowest BCUT2D eigenvalue weighted by molar-refractivity contribution is 0.0902. The molecule has 0 saturated carbocycles. The first-order valence-corrected chi connectivity index (χ1v) is 7.68. The second kappa shape index (κ2) is 5.63. The number of hydrogen-bond acceptors (Lipinski definition) is 4. The molecule has 1 aromatic carbocycles. The van der Waals surface area contributed by atoms with E-state index in [0.717, 1.165) is 18.6 Å². The van der Waals surface area contributed by atoms with Crippen LogP contribution in [-0.2, 0) is 14.8 Å². The smallest absolute Gasteiger partial charge is 0.246 e. The van der Waals surface area contributed by atoms with Gasteiger partial charge in [0.2, 0.25) is 10.0 Å². The van der Waals surface area contributed by atoms with Crippen LogP contribution in [0.4, 0.5) is 14.5 Å². The normalized spacial score (nSPS) is 21.1. The van der Waals surface area contributed by atoms with Crippen molar-refractivity contribution in [3.8, 4) is 0 Å². The van der Waals surface area contributed by atoms with Gasteiger partial charge in [-0.15, -0.1) is 0 Å². The van der Waals surface area contributed by atoms with Gasteiger partial charge in [0.1, 0.15) is 11.6 Å². The Kier molecular flexibility index (Phi) is 4.26. The average molecular weight is 306 g/mol. The molecule has 0 spiro atoms. The summed E-state index contributed by atoms with van der Waals surface area (Å²) in [6.07, 6.45) is 1.25. The van der Waals surface area contributed by atoms with Crippen molar-refractivity contribution >= 4 is 15.7 Å². The Morgan fingerprint density at radius 3 is 2.50 bits per heavy atom. The fraction of sp³-hybridized carbons (Fsp3) is 0.500. The average Bonchev–Trinajstić information content (AvgIpc) is 2.78. The third-order valence-electron chi connectivity index (χ3n) is 3.15. The van der Waals surface area contributed by atoms with Crippen LogP contribution in [0.25, 0.3) is 0 Å². The summed E-state index contributed by atoms with van der Waals surface area (Å²) in [6.45, 7) is 2.15. The van der Waals surface area contributed by atoms with Crippen molar-refractivity contribution in [3.05, 3.63) is 23.8 Å². The molecule has 8 heteroatoms. The fourth-order valence-corrected chi connectivity index (χ4v) is 3.60. The van der Waals surface area contributed by atoms with Crippen molar-refractivity contribution in [3.63, 3.8) is 0 Å². The van der Waals surface area contributed by atoms with Crippen molar-refractivity contribution < 1.29 is 21.9 Å². The van der Waals surface area contributed by atoms with Crippen molar-refractivity contribution in [2.45, 2.75) is 36.8 Å². The zero-order valence-corrected chi connectivity index (χ0v) is 11.7. The van der Waals surface area contributed by atoms with Crippen LogP contribution in [0.5, 0.6) is 0 Å². The maximum Gasteiger partial charge on any atom is 0.246 e. The summed E-state index contributed by atoms with van der Waals surface area (Å²) in [5.74, 6) is -2.43. The van der Waals surface area contributed by atoms with Gasteiger partial charge in [-0.1, -0.05) is 0 Å². The Morgan fingerprint density at radius 1 is 1.40 bits per heavy atom. The van der Waals surface area contributed by atoms with Crippen molar-refractivity contribution in [2.75, 3.05) is 12.3 Å². The summed E-state index contributed by atoms with van der Waals surface area (Å²) in [6, 6.07) is 0.974. The molecule has 1 aliphatic rings. The highest BCUT2D eigenvalue weighted by Crippen LogP contribution is 2.23. The largest absolute Gasteiger partial charge is 0.399 e. The number of halogens is 2. The van der Waals surface area contributed by atoms with E-state index in [2.05, 4.69) is 4.72 Å². The molecule has 1 heterocycles. The molecule has 1 saturated heterocycles. The van der Waals surface area contributed by atoms with E-state index in [-0.39, 0.29) is 11.8 Å². The molecule has 1 fully saturated rings. The SMILES string of the molecule is CC(NS(=O)(=O)c1c(F)cc(N)cc1F)C1CCCO1. The maximum atomic E-state index is 13.7. The number of nitrogen functional groups attached to an aromatic ring is 1. The predicted octanol–water partition coefficient (Wildman–Crippen LogP) is 1.39. The number of sulfonamides is 1. The first-order valence-electron chi connectivity index (χ1n) is 6.19. The van der Waals surface area contributed by atoms with Crippen LogP contribution in [-0.4, -0.2) is 27.2 Å². The van der Waals surface area contributed by atoms with E-state index in [1.807, 2.05) is 0 Å². The lowest BCUT2D eigenvalue weighted by atomic mass is 10.1.